The van der Waals surface area contributed by atoms with Gasteiger partial charge < -0.3 is 0 Å². The van der Waals surface area contributed by atoms with Crippen molar-refractivity contribution in [2.75, 3.05) is 7.05 Å². The Balaban J connectivity index is 2.51. The molecule has 1 saturated carbocycles. The van der Waals surface area contributed by atoms with E-state index in [-0.39, 0.29) is 5.25 Å². The van der Waals surface area contributed by atoms with Crippen molar-refractivity contribution in [2.24, 2.45) is 0 Å². The van der Waals surface area contributed by atoms with Crippen molar-refractivity contribution in [3.05, 3.63) is 0 Å². The zero-order chi connectivity index (χ0) is 6.91. The molecular formula is C4H9NO3S. The van der Waals surface area contributed by atoms with Gasteiger partial charge in [0.05, 0.1) is 5.25 Å². The van der Waals surface area contributed by atoms with Gasteiger partial charge in [-0.05, 0) is 12.8 Å². The highest BCUT2D eigenvalue weighted by Crippen LogP contribution is 2.28. The molecule has 54 valence electrons. The lowest BCUT2D eigenvalue weighted by Crippen LogP contribution is -2.18. The van der Waals surface area contributed by atoms with E-state index in [0.717, 1.165) is 12.8 Å². The third kappa shape index (κ3) is 1.64. The van der Waals surface area contributed by atoms with Crippen LogP contribution in [0, 0.1) is 0 Å². The fourth-order valence-corrected chi connectivity index (χ4v) is 1.62. The number of hydroxylamine groups is 1. The van der Waals surface area contributed by atoms with Gasteiger partial charge in [-0.15, -0.1) is 0 Å². The van der Waals surface area contributed by atoms with Crippen LogP contribution in [0.3, 0.4) is 0 Å². The molecule has 0 heterocycles. The first-order valence-electron chi connectivity index (χ1n) is 2.76. The maximum atomic E-state index is 10.7. The van der Waals surface area contributed by atoms with Crippen LogP contribution in [0.2, 0.25) is 0 Å². The zero-order valence-electron chi connectivity index (χ0n) is 5.12. The lowest BCUT2D eigenvalue weighted by Gasteiger charge is -1.98. The van der Waals surface area contributed by atoms with Crippen LogP contribution >= 0.6 is 0 Å². The first-order chi connectivity index (χ1) is 4.17. The molecule has 4 nitrogen and oxygen atoms in total. The Hall–Kier alpha value is -0.130. The second kappa shape index (κ2) is 2.24. The molecule has 0 spiro atoms. The largest absolute Gasteiger partial charge is 0.286 e. The van der Waals surface area contributed by atoms with Crippen molar-refractivity contribution in [3.8, 4) is 0 Å². The van der Waals surface area contributed by atoms with Crippen LogP contribution in [0.5, 0.6) is 0 Å². The molecule has 0 aliphatic heterocycles. The van der Waals surface area contributed by atoms with Gasteiger partial charge in [0.25, 0.3) is 10.1 Å². The van der Waals surface area contributed by atoms with E-state index in [1.165, 1.54) is 7.05 Å². The van der Waals surface area contributed by atoms with E-state index in [9.17, 15) is 8.42 Å². The fourth-order valence-electron chi connectivity index (χ4n) is 0.541. The van der Waals surface area contributed by atoms with Crippen molar-refractivity contribution >= 4 is 10.1 Å². The maximum Gasteiger partial charge on any atom is 0.286 e. The van der Waals surface area contributed by atoms with E-state index in [4.69, 9.17) is 0 Å². The van der Waals surface area contributed by atoms with Gasteiger partial charge >= 0.3 is 0 Å². The normalized spacial score (nSPS) is 20.1. The molecule has 1 rings (SSSR count). The molecule has 1 N–H and O–H groups in total. The molecule has 0 amide bonds. The van der Waals surface area contributed by atoms with Gasteiger partial charge in [0, 0.05) is 7.05 Å². The lowest BCUT2D eigenvalue weighted by molar-refractivity contribution is 0.230. The van der Waals surface area contributed by atoms with E-state index in [1.54, 1.807) is 0 Å². The van der Waals surface area contributed by atoms with Crippen LogP contribution < -0.4 is 5.48 Å². The first-order valence-corrected chi connectivity index (χ1v) is 4.23. The third-order valence-electron chi connectivity index (χ3n) is 1.13. The molecule has 0 bridgehead atoms. The second-order valence-corrected chi connectivity index (χ2v) is 3.80. The molecule has 1 fully saturated rings. The predicted molar refractivity (Wildman–Crippen MR) is 32.1 cm³/mol. The van der Waals surface area contributed by atoms with Gasteiger partial charge in [-0.3, -0.25) is 0 Å². The van der Waals surface area contributed by atoms with Gasteiger partial charge in [0.2, 0.25) is 0 Å². The average Bonchev–Trinajstić information content (AvgIpc) is 2.41. The second-order valence-electron chi connectivity index (χ2n) is 1.98. The summed E-state index contributed by atoms with van der Waals surface area (Å²) in [5, 5.41) is -0.245. The monoisotopic (exact) mass is 151 g/mol. The van der Waals surface area contributed by atoms with Crippen LogP contribution in [0.15, 0.2) is 0 Å². The summed E-state index contributed by atoms with van der Waals surface area (Å²) >= 11 is 0. The van der Waals surface area contributed by atoms with Gasteiger partial charge in [0.1, 0.15) is 0 Å². The molecule has 0 aromatic carbocycles. The minimum atomic E-state index is -3.25. The summed E-state index contributed by atoms with van der Waals surface area (Å²) in [7, 11) is -1.82. The number of hydrogen-bond donors (Lipinski definition) is 1. The molecule has 0 unspecified atom stereocenters. The Morgan fingerprint density at radius 1 is 1.56 bits per heavy atom. The highest BCUT2D eigenvalue weighted by molar-refractivity contribution is 7.87. The molecule has 9 heavy (non-hydrogen) atoms. The summed E-state index contributed by atoms with van der Waals surface area (Å²) in [6.07, 6.45) is 1.48. The topological polar surface area (TPSA) is 55.4 Å². The quantitative estimate of drug-likeness (QED) is 0.559. The van der Waals surface area contributed by atoms with E-state index < -0.39 is 10.1 Å². The van der Waals surface area contributed by atoms with Crippen LogP contribution in [0.25, 0.3) is 0 Å². The van der Waals surface area contributed by atoms with Crippen LogP contribution in [-0.2, 0) is 14.4 Å². The summed E-state index contributed by atoms with van der Waals surface area (Å²) in [6.45, 7) is 0. The van der Waals surface area contributed by atoms with Crippen LogP contribution in [0.1, 0.15) is 12.8 Å². The fraction of sp³-hybridized carbons (Fsp3) is 1.00. The van der Waals surface area contributed by atoms with Gasteiger partial charge in [-0.25, -0.2) is 0 Å². The average molecular weight is 151 g/mol. The first kappa shape index (κ1) is 6.98. The van der Waals surface area contributed by atoms with E-state index >= 15 is 0 Å². The third-order valence-corrected chi connectivity index (χ3v) is 2.82. The molecule has 0 aromatic heterocycles. The van der Waals surface area contributed by atoms with Crippen molar-refractivity contribution < 1.29 is 12.7 Å². The smallest absolute Gasteiger partial charge is 0.198 e. The standard InChI is InChI=1S/C4H9NO3S/c1-5-8-9(6,7)4-2-3-4/h4-5H,2-3H2,1H3. The molecule has 5 heteroatoms. The van der Waals surface area contributed by atoms with Crippen molar-refractivity contribution in [3.63, 3.8) is 0 Å². The van der Waals surface area contributed by atoms with E-state index in [1.807, 2.05) is 0 Å². The molecule has 0 radical (unpaired) electrons. The molecule has 0 saturated heterocycles. The maximum absolute atomic E-state index is 10.7. The highest BCUT2D eigenvalue weighted by Gasteiger charge is 2.36. The molecule has 0 aromatic rings. The van der Waals surface area contributed by atoms with Gasteiger partial charge in [-0.2, -0.15) is 18.2 Å². The Morgan fingerprint density at radius 3 is 2.44 bits per heavy atom. The van der Waals surface area contributed by atoms with E-state index in [2.05, 4.69) is 9.76 Å². The van der Waals surface area contributed by atoms with Crippen LogP contribution in [-0.4, -0.2) is 20.7 Å². The Morgan fingerprint density at radius 2 is 2.11 bits per heavy atom. The number of nitrogens with one attached hydrogen (secondary N) is 1. The van der Waals surface area contributed by atoms with E-state index in [0.29, 0.717) is 0 Å². The van der Waals surface area contributed by atoms with Gasteiger partial charge in [-0.1, -0.05) is 0 Å². The summed E-state index contributed by atoms with van der Waals surface area (Å²) in [6, 6.07) is 0. The summed E-state index contributed by atoms with van der Waals surface area (Å²) in [4.78, 5) is 0. The van der Waals surface area contributed by atoms with Crippen molar-refractivity contribution in [2.45, 2.75) is 18.1 Å². The molecule has 1 aliphatic carbocycles. The van der Waals surface area contributed by atoms with Gasteiger partial charge in [0.15, 0.2) is 0 Å². The molecule has 0 atom stereocenters. The van der Waals surface area contributed by atoms with Crippen LogP contribution in [0.4, 0.5) is 0 Å². The summed E-state index contributed by atoms with van der Waals surface area (Å²) in [5.41, 5.74) is 2.14. The number of hydrogen-bond acceptors (Lipinski definition) is 4. The molecular weight excluding hydrogens is 142 g/mol. The summed E-state index contributed by atoms with van der Waals surface area (Å²) in [5.74, 6) is 0. The Labute approximate surface area is 54.3 Å². The highest BCUT2D eigenvalue weighted by atomic mass is 32.2. The minimum Gasteiger partial charge on any atom is -0.198 e. The number of rotatable bonds is 3. The minimum absolute atomic E-state index is 0.245. The summed E-state index contributed by atoms with van der Waals surface area (Å²) < 4.78 is 25.7. The zero-order valence-corrected chi connectivity index (χ0v) is 5.94. The predicted octanol–water partition coefficient (Wildman–Crippen LogP) is -0.370. The lowest BCUT2D eigenvalue weighted by atomic mass is 11.0. The Bertz CT molecular complexity index is 182. The Kier molecular flexibility index (Phi) is 1.74. The molecule has 1 aliphatic rings. The van der Waals surface area contributed by atoms with Crippen molar-refractivity contribution in [1.29, 1.82) is 0 Å². The SMILES string of the molecule is CNOS(=O)(=O)C1CC1. The van der Waals surface area contributed by atoms with Crippen molar-refractivity contribution in [1.82, 2.24) is 5.48 Å².